The number of hydrogen-bond acceptors (Lipinski definition) is 5. The van der Waals surface area contributed by atoms with Gasteiger partial charge in [0.1, 0.15) is 6.10 Å². The Morgan fingerprint density at radius 3 is 2.17 bits per heavy atom. The van der Waals surface area contributed by atoms with Crippen molar-refractivity contribution in [2.24, 2.45) is 11.5 Å². The van der Waals surface area contributed by atoms with Gasteiger partial charge in [0.05, 0.1) is 18.8 Å². The maximum Gasteiger partial charge on any atom is 0.234 e. The fraction of sp³-hybridized carbons (Fsp3) is 0.833. The third-order valence-electron chi connectivity index (χ3n) is 1.49. The van der Waals surface area contributed by atoms with Gasteiger partial charge in [-0.2, -0.15) is 0 Å². The molecule has 0 bridgehead atoms. The third kappa shape index (κ3) is 3.63. The Balaban J connectivity index is 3.83. The lowest BCUT2D eigenvalue weighted by molar-refractivity contribution is -0.120. The summed E-state index contributed by atoms with van der Waals surface area (Å²) < 4.78 is 0. The molecule has 0 aliphatic heterocycles. The quantitative estimate of drug-likeness (QED) is 0.304. The minimum absolute atomic E-state index is 0.156. The number of carbonyl (C=O) groups is 1. The number of carbonyl (C=O) groups excluding carboxylic acids is 1. The molecule has 0 heterocycles. The summed E-state index contributed by atoms with van der Waals surface area (Å²) in [5.74, 6) is -0.751. The van der Waals surface area contributed by atoms with Crippen molar-refractivity contribution in [1.29, 1.82) is 0 Å². The largest absolute Gasteiger partial charge is 0.394 e. The van der Waals surface area contributed by atoms with Gasteiger partial charge in [0.15, 0.2) is 0 Å². The van der Waals surface area contributed by atoms with E-state index in [1.807, 2.05) is 0 Å². The Kier molecular flexibility index (Phi) is 4.75. The minimum Gasteiger partial charge on any atom is -0.394 e. The van der Waals surface area contributed by atoms with Crippen molar-refractivity contribution < 1.29 is 20.1 Å². The van der Waals surface area contributed by atoms with Gasteiger partial charge in [0, 0.05) is 0 Å². The summed E-state index contributed by atoms with van der Waals surface area (Å²) in [7, 11) is 0. The number of aliphatic hydroxyl groups is 3. The molecule has 12 heavy (non-hydrogen) atoms. The lowest BCUT2D eigenvalue weighted by Gasteiger charge is -2.17. The van der Waals surface area contributed by atoms with Crippen molar-refractivity contribution in [1.82, 2.24) is 0 Å². The van der Waals surface area contributed by atoms with E-state index < -0.39 is 30.8 Å². The summed E-state index contributed by atoms with van der Waals surface area (Å²) in [6.45, 7) is -0.577. The molecule has 0 radical (unpaired) electrons. The summed E-state index contributed by atoms with van der Waals surface area (Å²) in [5, 5.41) is 26.3. The van der Waals surface area contributed by atoms with Crippen LogP contribution in [-0.2, 0) is 4.79 Å². The maximum atomic E-state index is 10.4. The van der Waals surface area contributed by atoms with Crippen molar-refractivity contribution >= 4 is 5.91 Å². The Bertz CT molecular complexity index is 152. The van der Waals surface area contributed by atoms with E-state index in [1.54, 1.807) is 0 Å². The molecule has 0 fully saturated rings. The number of nitrogens with two attached hydrogens (primary N) is 2. The van der Waals surface area contributed by atoms with Crippen LogP contribution < -0.4 is 11.5 Å². The predicted molar refractivity (Wildman–Crippen MR) is 40.9 cm³/mol. The highest BCUT2D eigenvalue weighted by Crippen LogP contribution is 2.00. The van der Waals surface area contributed by atoms with Crippen LogP contribution in [0.25, 0.3) is 0 Å². The highest BCUT2D eigenvalue weighted by molar-refractivity contribution is 5.79. The van der Waals surface area contributed by atoms with Crippen LogP contribution in [0.1, 0.15) is 6.42 Å². The van der Waals surface area contributed by atoms with E-state index in [1.165, 1.54) is 0 Å². The highest BCUT2D eigenvalue weighted by Gasteiger charge is 2.20. The van der Waals surface area contributed by atoms with Crippen molar-refractivity contribution in [3.8, 4) is 0 Å². The predicted octanol–water partition coefficient (Wildman–Crippen LogP) is -3.10. The molecule has 6 heteroatoms. The first-order valence-corrected chi connectivity index (χ1v) is 3.51. The summed E-state index contributed by atoms with van der Waals surface area (Å²) in [5.41, 5.74) is 9.99. The smallest absolute Gasteiger partial charge is 0.234 e. The van der Waals surface area contributed by atoms with Gasteiger partial charge in [-0.25, -0.2) is 0 Å². The normalized spacial score (nSPS) is 18.3. The van der Waals surface area contributed by atoms with E-state index in [0.29, 0.717) is 0 Å². The Morgan fingerprint density at radius 1 is 1.33 bits per heavy atom. The zero-order valence-corrected chi connectivity index (χ0v) is 6.55. The van der Waals surface area contributed by atoms with Crippen LogP contribution >= 0.6 is 0 Å². The highest BCUT2D eigenvalue weighted by atomic mass is 16.4. The van der Waals surface area contributed by atoms with Gasteiger partial charge in [-0.05, 0) is 6.42 Å². The van der Waals surface area contributed by atoms with Gasteiger partial charge in [-0.15, -0.1) is 0 Å². The summed E-state index contributed by atoms with van der Waals surface area (Å²) in [6, 6.07) is -0.999. The number of hydrogen-bond donors (Lipinski definition) is 5. The Labute approximate surface area is 69.8 Å². The second kappa shape index (κ2) is 5.04. The van der Waals surface area contributed by atoms with Crippen molar-refractivity contribution in [3.05, 3.63) is 0 Å². The molecule has 0 aromatic heterocycles. The van der Waals surface area contributed by atoms with Gasteiger partial charge in [0.25, 0.3) is 0 Å². The van der Waals surface area contributed by atoms with Gasteiger partial charge >= 0.3 is 0 Å². The van der Waals surface area contributed by atoms with Gasteiger partial charge < -0.3 is 26.8 Å². The number of amides is 1. The molecule has 0 saturated heterocycles. The van der Waals surface area contributed by atoms with Crippen LogP contribution in [0, 0.1) is 0 Å². The molecule has 0 aromatic carbocycles. The SMILES string of the molecule is NC(=O)[C@H](N)C[C@H](O)[C@H](O)CO. The van der Waals surface area contributed by atoms with E-state index in [9.17, 15) is 4.79 Å². The number of primary amides is 1. The molecular weight excluding hydrogens is 164 g/mol. The van der Waals surface area contributed by atoms with Crippen molar-refractivity contribution in [3.63, 3.8) is 0 Å². The zero-order valence-electron chi connectivity index (χ0n) is 6.55. The second-order valence-electron chi connectivity index (χ2n) is 2.56. The van der Waals surface area contributed by atoms with E-state index in [4.69, 9.17) is 26.8 Å². The van der Waals surface area contributed by atoms with Crippen LogP contribution in [-0.4, -0.2) is 46.1 Å². The lowest BCUT2D eigenvalue weighted by atomic mass is 10.1. The molecule has 0 aliphatic rings. The van der Waals surface area contributed by atoms with Gasteiger partial charge in [-0.3, -0.25) is 4.79 Å². The van der Waals surface area contributed by atoms with Crippen molar-refractivity contribution in [2.75, 3.05) is 6.61 Å². The first-order chi connectivity index (χ1) is 5.49. The molecule has 0 spiro atoms. The third-order valence-corrected chi connectivity index (χ3v) is 1.49. The number of aliphatic hydroxyl groups excluding tert-OH is 3. The first kappa shape index (κ1) is 11.3. The number of rotatable bonds is 5. The van der Waals surface area contributed by atoms with E-state index >= 15 is 0 Å². The molecule has 1 amide bonds. The monoisotopic (exact) mass is 178 g/mol. The molecule has 0 aliphatic carbocycles. The minimum atomic E-state index is -1.28. The van der Waals surface area contributed by atoms with Crippen molar-refractivity contribution in [2.45, 2.75) is 24.7 Å². The molecule has 7 N–H and O–H groups in total. The maximum absolute atomic E-state index is 10.4. The summed E-state index contributed by atoms with van der Waals surface area (Å²) in [6.07, 6.45) is -2.66. The Hall–Kier alpha value is -0.690. The standard InChI is InChI=1S/C6H14N2O4/c7-3(6(8)12)1-4(10)5(11)2-9/h3-5,9-11H,1-2,7H2,(H2,8,12)/t3-,4+,5-/m1/s1. The van der Waals surface area contributed by atoms with E-state index in [-0.39, 0.29) is 6.42 Å². The van der Waals surface area contributed by atoms with Crippen LogP contribution in [0.2, 0.25) is 0 Å². The summed E-state index contributed by atoms with van der Waals surface area (Å²) >= 11 is 0. The molecule has 0 rings (SSSR count). The molecule has 0 aromatic rings. The molecule has 6 nitrogen and oxygen atoms in total. The molecule has 3 atom stereocenters. The average molecular weight is 178 g/mol. The van der Waals surface area contributed by atoms with Crippen LogP contribution in [0.5, 0.6) is 0 Å². The van der Waals surface area contributed by atoms with E-state index in [2.05, 4.69) is 0 Å². The van der Waals surface area contributed by atoms with Gasteiger partial charge in [-0.1, -0.05) is 0 Å². The Morgan fingerprint density at radius 2 is 1.83 bits per heavy atom. The first-order valence-electron chi connectivity index (χ1n) is 3.51. The fourth-order valence-electron chi connectivity index (χ4n) is 0.655. The average Bonchev–Trinajstić information content (AvgIpc) is 2.02. The topological polar surface area (TPSA) is 130 Å². The zero-order chi connectivity index (χ0) is 9.72. The molecule has 0 saturated carbocycles. The summed E-state index contributed by atoms with van der Waals surface area (Å²) in [4.78, 5) is 10.4. The fourth-order valence-corrected chi connectivity index (χ4v) is 0.655. The molecular formula is C6H14N2O4. The van der Waals surface area contributed by atoms with Gasteiger partial charge in [0.2, 0.25) is 5.91 Å². The van der Waals surface area contributed by atoms with Crippen LogP contribution in [0.3, 0.4) is 0 Å². The van der Waals surface area contributed by atoms with Crippen LogP contribution in [0.15, 0.2) is 0 Å². The van der Waals surface area contributed by atoms with Crippen LogP contribution in [0.4, 0.5) is 0 Å². The molecule has 0 unspecified atom stereocenters. The lowest BCUT2D eigenvalue weighted by Crippen LogP contribution is -2.42. The second-order valence-corrected chi connectivity index (χ2v) is 2.56. The van der Waals surface area contributed by atoms with E-state index in [0.717, 1.165) is 0 Å². The molecule has 72 valence electrons.